The van der Waals surface area contributed by atoms with Gasteiger partial charge in [-0.2, -0.15) is 0 Å². The lowest BCUT2D eigenvalue weighted by molar-refractivity contribution is -0.115. The topological polar surface area (TPSA) is 42.0 Å². The molecule has 0 aromatic carbocycles. The summed E-state index contributed by atoms with van der Waals surface area (Å²) in [5.41, 5.74) is 2.00. The fraction of sp³-hybridized carbons (Fsp3) is 0.750. The second kappa shape index (κ2) is 17.0. The summed E-state index contributed by atoms with van der Waals surface area (Å²) in [7, 11) is 0. The van der Waals surface area contributed by atoms with Crippen molar-refractivity contribution < 1.29 is 4.79 Å². The molecule has 29 heavy (non-hydrogen) atoms. The van der Waals surface area contributed by atoms with Crippen LogP contribution in [0, 0.1) is 6.92 Å². The highest BCUT2D eigenvalue weighted by Crippen LogP contribution is 2.29. The monoisotopic (exact) mass is 438 g/mol. The Kier molecular flexibility index (Phi) is 15.5. The SMILES string of the molecule is CCCCCCCCC(SCCCCCC)C(=O)Nc1c(C)ccnc1SCC. The number of nitrogens with one attached hydrogen (secondary N) is 1. The Labute approximate surface area is 188 Å². The summed E-state index contributed by atoms with van der Waals surface area (Å²) < 4.78 is 0. The largest absolute Gasteiger partial charge is 0.323 e. The standard InChI is InChI=1S/C24H42N2OS2/c1-5-8-10-12-13-14-16-21(29-19-15-11-9-6-2)23(27)26-22-20(4)17-18-25-24(22)28-7-3/h17-18,21H,5-16,19H2,1-4H3,(H,26,27). The molecule has 1 rings (SSSR count). The highest BCUT2D eigenvalue weighted by molar-refractivity contribution is 8.00. The lowest BCUT2D eigenvalue weighted by Gasteiger charge is -2.19. The minimum absolute atomic E-state index is 0.0434. The molecule has 0 aliphatic heterocycles. The number of thioether (sulfide) groups is 2. The van der Waals surface area contributed by atoms with Crippen molar-refractivity contribution in [3.8, 4) is 0 Å². The second-order valence-electron chi connectivity index (χ2n) is 7.71. The van der Waals surface area contributed by atoms with E-state index in [-0.39, 0.29) is 11.2 Å². The van der Waals surface area contributed by atoms with Crippen LogP contribution in [0.4, 0.5) is 5.69 Å². The molecule has 1 unspecified atom stereocenters. The van der Waals surface area contributed by atoms with Gasteiger partial charge in [0.25, 0.3) is 0 Å². The average Bonchev–Trinajstić information content (AvgIpc) is 2.71. The van der Waals surface area contributed by atoms with E-state index in [1.165, 1.54) is 57.8 Å². The van der Waals surface area contributed by atoms with Gasteiger partial charge in [0.05, 0.1) is 10.9 Å². The summed E-state index contributed by atoms with van der Waals surface area (Å²) in [6.45, 7) is 8.66. The van der Waals surface area contributed by atoms with E-state index in [0.29, 0.717) is 0 Å². The zero-order valence-electron chi connectivity index (χ0n) is 19.1. The lowest BCUT2D eigenvalue weighted by Crippen LogP contribution is -2.26. The summed E-state index contributed by atoms with van der Waals surface area (Å²) in [6.07, 6.45) is 15.4. The van der Waals surface area contributed by atoms with Gasteiger partial charge in [-0.15, -0.1) is 23.5 Å². The van der Waals surface area contributed by atoms with E-state index in [1.807, 2.05) is 24.0 Å². The number of carbonyl (C=O) groups is 1. The fourth-order valence-electron chi connectivity index (χ4n) is 3.29. The maximum absolute atomic E-state index is 13.1. The molecule has 0 bridgehead atoms. The van der Waals surface area contributed by atoms with Gasteiger partial charge in [-0.3, -0.25) is 4.79 Å². The number of aromatic nitrogens is 1. The average molecular weight is 439 g/mol. The predicted octanol–water partition coefficient (Wildman–Crippen LogP) is 7.87. The number of rotatable bonds is 17. The van der Waals surface area contributed by atoms with Crippen molar-refractivity contribution >= 4 is 35.1 Å². The molecule has 3 nitrogen and oxygen atoms in total. The summed E-state index contributed by atoms with van der Waals surface area (Å²) in [5, 5.41) is 4.21. The highest BCUT2D eigenvalue weighted by Gasteiger charge is 2.21. The van der Waals surface area contributed by atoms with Crippen LogP contribution in [0.5, 0.6) is 0 Å². The van der Waals surface area contributed by atoms with Crippen LogP contribution < -0.4 is 5.32 Å². The van der Waals surface area contributed by atoms with Crippen LogP contribution in [0.2, 0.25) is 0 Å². The van der Waals surface area contributed by atoms with Gasteiger partial charge in [0.1, 0.15) is 5.03 Å². The van der Waals surface area contributed by atoms with Gasteiger partial charge < -0.3 is 5.32 Å². The molecular formula is C24H42N2OS2. The number of amides is 1. The molecule has 5 heteroatoms. The lowest BCUT2D eigenvalue weighted by atomic mass is 10.1. The second-order valence-corrected chi connectivity index (χ2v) is 10.3. The van der Waals surface area contributed by atoms with Crippen LogP contribution in [-0.4, -0.2) is 27.6 Å². The molecule has 1 amide bonds. The molecule has 1 aromatic rings. The van der Waals surface area contributed by atoms with E-state index in [1.54, 1.807) is 11.8 Å². The van der Waals surface area contributed by atoms with Crippen LogP contribution in [0.15, 0.2) is 17.3 Å². The third-order valence-corrected chi connectivity index (χ3v) is 7.33. The van der Waals surface area contributed by atoms with Crippen LogP contribution in [-0.2, 0) is 4.79 Å². The van der Waals surface area contributed by atoms with Crippen molar-refractivity contribution in [1.82, 2.24) is 4.98 Å². The van der Waals surface area contributed by atoms with E-state index in [4.69, 9.17) is 0 Å². The Balaban J connectivity index is 2.65. The molecule has 1 heterocycles. The van der Waals surface area contributed by atoms with E-state index < -0.39 is 0 Å². The zero-order valence-corrected chi connectivity index (χ0v) is 20.7. The molecule has 1 N–H and O–H groups in total. The van der Waals surface area contributed by atoms with E-state index in [9.17, 15) is 4.79 Å². The van der Waals surface area contributed by atoms with Gasteiger partial charge in [-0.1, -0.05) is 78.6 Å². The Hall–Kier alpha value is -0.680. The Morgan fingerprint density at radius 3 is 2.34 bits per heavy atom. The van der Waals surface area contributed by atoms with Gasteiger partial charge in [-0.25, -0.2) is 4.98 Å². The van der Waals surface area contributed by atoms with Gasteiger partial charge in [-0.05, 0) is 42.9 Å². The van der Waals surface area contributed by atoms with Crippen molar-refractivity contribution in [2.45, 2.75) is 109 Å². The first kappa shape index (κ1) is 26.4. The van der Waals surface area contributed by atoms with Gasteiger partial charge in [0, 0.05) is 6.20 Å². The summed E-state index contributed by atoms with van der Waals surface area (Å²) in [5.74, 6) is 2.19. The first-order valence-electron chi connectivity index (χ1n) is 11.6. The molecule has 1 atom stereocenters. The Morgan fingerprint density at radius 2 is 1.66 bits per heavy atom. The molecule has 0 aliphatic rings. The van der Waals surface area contributed by atoms with E-state index >= 15 is 0 Å². The van der Waals surface area contributed by atoms with Crippen LogP contribution in [0.25, 0.3) is 0 Å². The molecule has 0 saturated carbocycles. The molecule has 1 aromatic heterocycles. The van der Waals surface area contributed by atoms with Crippen molar-refractivity contribution in [2.75, 3.05) is 16.8 Å². The minimum Gasteiger partial charge on any atom is -0.323 e. The predicted molar refractivity (Wildman–Crippen MR) is 132 cm³/mol. The number of unbranched alkanes of at least 4 members (excludes halogenated alkanes) is 8. The molecular weight excluding hydrogens is 396 g/mol. The number of nitrogens with zero attached hydrogens (tertiary/aromatic N) is 1. The molecule has 0 saturated heterocycles. The third kappa shape index (κ3) is 11.3. The minimum atomic E-state index is 0.0434. The number of aryl methyl sites for hydroxylation is 1. The van der Waals surface area contributed by atoms with E-state index in [0.717, 1.165) is 40.6 Å². The van der Waals surface area contributed by atoms with E-state index in [2.05, 4.69) is 38.0 Å². The van der Waals surface area contributed by atoms with Crippen molar-refractivity contribution in [3.05, 3.63) is 17.8 Å². The van der Waals surface area contributed by atoms with Crippen LogP contribution >= 0.6 is 23.5 Å². The molecule has 0 spiro atoms. The normalized spacial score (nSPS) is 12.1. The van der Waals surface area contributed by atoms with Gasteiger partial charge in [0.2, 0.25) is 5.91 Å². The Bertz CT molecular complexity index is 566. The van der Waals surface area contributed by atoms with Crippen molar-refractivity contribution in [3.63, 3.8) is 0 Å². The van der Waals surface area contributed by atoms with Gasteiger partial charge >= 0.3 is 0 Å². The number of pyridine rings is 1. The number of hydrogen-bond acceptors (Lipinski definition) is 4. The van der Waals surface area contributed by atoms with Crippen LogP contribution in [0.1, 0.15) is 97.0 Å². The summed E-state index contributed by atoms with van der Waals surface area (Å²) in [4.78, 5) is 17.6. The first-order chi connectivity index (χ1) is 14.1. The number of anilines is 1. The van der Waals surface area contributed by atoms with Gasteiger partial charge in [0.15, 0.2) is 0 Å². The third-order valence-electron chi connectivity index (χ3n) is 5.08. The van der Waals surface area contributed by atoms with Crippen molar-refractivity contribution in [2.24, 2.45) is 0 Å². The molecule has 0 fully saturated rings. The molecule has 0 aliphatic carbocycles. The number of carbonyl (C=O) groups excluding carboxylic acids is 1. The summed E-state index contributed by atoms with van der Waals surface area (Å²) in [6, 6.07) is 1.98. The van der Waals surface area contributed by atoms with Crippen molar-refractivity contribution in [1.29, 1.82) is 0 Å². The molecule has 0 radical (unpaired) electrons. The van der Waals surface area contributed by atoms with Crippen LogP contribution in [0.3, 0.4) is 0 Å². The maximum Gasteiger partial charge on any atom is 0.237 e. The first-order valence-corrected chi connectivity index (χ1v) is 13.7. The highest BCUT2D eigenvalue weighted by atomic mass is 32.2. The quantitative estimate of drug-likeness (QED) is 0.198. The molecule has 166 valence electrons. The summed E-state index contributed by atoms with van der Waals surface area (Å²) >= 11 is 3.55. The Morgan fingerprint density at radius 1 is 1.00 bits per heavy atom. The fourth-order valence-corrected chi connectivity index (χ4v) is 5.25. The number of hydrogen-bond donors (Lipinski definition) is 1. The zero-order chi connectivity index (χ0) is 21.3. The smallest absolute Gasteiger partial charge is 0.237 e. The maximum atomic E-state index is 13.1.